The lowest BCUT2D eigenvalue weighted by molar-refractivity contribution is -0.384. The van der Waals surface area contributed by atoms with Crippen LogP contribution >= 0.6 is 0 Å². The van der Waals surface area contributed by atoms with Crippen LogP contribution in [0.1, 0.15) is 33.0 Å². The van der Waals surface area contributed by atoms with Gasteiger partial charge in [0, 0.05) is 30.2 Å². The monoisotopic (exact) mass is 436 g/mol. The van der Waals surface area contributed by atoms with Crippen LogP contribution in [0, 0.1) is 17.0 Å². The zero-order valence-electron chi connectivity index (χ0n) is 16.8. The first-order valence-corrected chi connectivity index (χ1v) is 11.2. The van der Waals surface area contributed by atoms with E-state index < -0.39 is 14.9 Å². The summed E-state index contributed by atoms with van der Waals surface area (Å²) in [7, 11) is -3.81. The summed E-state index contributed by atoms with van der Waals surface area (Å²) in [6, 6.07) is 17.9. The molecule has 1 heterocycles. The van der Waals surface area contributed by atoms with E-state index in [1.807, 2.05) is 6.92 Å². The van der Waals surface area contributed by atoms with E-state index in [1.54, 1.807) is 54.6 Å². The summed E-state index contributed by atoms with van der Waals surface area (Å²) in [4.78, 5) is 22.3. The van der Waals surface area contributed by atoms with Crippen molar-refractivity contribution in [1.82, 2.24) is 0 Å². The lowest BCUT2D eigenvalue weighted by Crippen LogP contribution is -2.30. The highest BCUT2D eigenvalue weighted by Crippen LogP contribution is 2.42. The highest BCUT2D eigenvalue weighted by molar-refractivity contribution is 7.92. The Bertz CT molecular complexity index is 1250. The molecule has 1 aliphatic rings. The van der Waals surface area contributed by atoms with Crippen LogP contribution in [0.25, 0.3) is 0 Å². The highest BCUT2D eigenvalue weighted by Gasteiger charge is 2.38. The molecule has 3 aromatic carbocycles. The summed E-state index contributed by atoms with van der Waals surface area (Å²) in [6.07, 6.45) is 1.19. The maximum Gasteiger partial charge on any atom is 0.269 e. The second kappa shape index (κ2) is 7.96. The van der Waals surface area contributed by atoms with Crippen LogP contribution in [-0.4, -0.2) is 26.2 Å². The van der Waals surface area contributed by atoms with Crippen LogP contribution < -0.4 is 4.31 Å². The van der Waals surface area contributed by atoms with Gasteiger partial charge in [-0.25, -0.2) is 8.42 Å². The van der Waals surface area contributed by atoms with Crippen molar-refractivity contribution < 1.29 is 18.1 Å². The number of anilines is 1. The van der Waals surface area contributed by atoms with E-state index in [4.69, 9.17) is 0 Å². The van der Waals surface area contributed by atoms with Crippen molar-refractivity contribution in [2.24, 2.45) is 0 Å². The lowest BCUT2D eigenvalue weighted by atomic mass is 9.90. The minimum absolute atomic E-state index is 0.00673. The molecule has 31 heavy (non-hydrogen) atoms. The van der Waals surface area contributed by atoms with Gasteiger partial charge in [0.15, 0.2) is 0 Å². The summed E-state index contributed by atoms with van der Waals surface area (Å²) in [6.45, 7) is 2.07. The fourth-order valence-electron chi connectivity index (χ4n) is 4.00. The third-order valence-corrected chi connectivity index (χ3v) is 7.34. The second-order valence-corrected chi connectivity index (χ2v) is 9.43. The van der Waals surface area contributed by atoms with Gasteiger partial charge in [0.1, 0.15) is 6.29 Å². The molecule has 0 saturated carbocycles. The topological polar surface area (TPSA) is 97.6 Å². The van der Waals surface area contributed by atoms with Crippen LogP contribution in [0.5, 0.6) is 0 Å². The van der Waals surface area contributed by atoms with Gasteiger partial charge in [-0.2, -0.15) is 0 Å². The minimum Gasteiger partial charge on any atom is -0.298 e. The van der Waals surface area contributed by atoms with E-state index >= 15 is 0 Å². The first-order valence-electron chi connectivity index (χ1n) is 9.72. The largest absolute Gasteiger partial charge is 0.298 e. The highest BCUT2D eigenvalue weighted by atomic mass is 32.2. The van der Waals surface area contributed by atoms with Gasteiger partial charge in [0.2, 0.25) is 0 Å². The molecule has 0 aliphatic carbocycles. The number of carbonyl (C=O) groups excluding carboxylic acids is 1. The normalized spacial score (nSPS) is 15.5. The zero-order valence-corrected chi connectivity index (χ0v) is 17.6. The Morgan fingerprint density at radius 3 is 2.35 bits per heavy atom. The van der Waals surface area contributed by atoms with Crippen molar-refractivity contribution in [3.05, 3.63) is 99.1 Å². The molecular weight excluding hydrogens is 416 g/mol. The number of nitro benzene ring substituents is 1. The number of benzene rings is 3. The van der Waals surface area contributed by atoms with Gasteiger partial charge in [-0.05, 0) is 42.7 Å². The number of hydrogen-bond acceptors (Lipinski definition) is 5. The molecule has 3 aromatic rings. The van der Waals surface area contributed by atoms with E-state index in [9.17, 15) is 23.3 Å². The maximum atomic E-state index is 13.4. The van der Waals surface area contributed by atoms with E-state index in [0.29, 0.717) is 23.2 Å². The fourth-order valence-corrected chi connectivity index (χ4v) is 5.52. The Hall–Kier alpha value is -3.52. The lowest BCUT2D eigenvalue weighted by Gasteiger charge is -2.20. The summed E-state index contributed by atoms with van der Waals surface area (Å²) in [5.74, 6) is -0.252. The molecule has 0 amide bonds. The van der Waals surface area contributed by atoms with Crippen LogP contribution in [-0.2, 0) is 16.4 Å². The van der Waals surface area contributed by atoms with Crippen molar-refractivity contribution in [1.29, 1.82) is 0 Å². The van der Waals surface area contributed by atoms with Gasteiger partial charge in [-0.3, -0.25) is 19.2 Å². The average molecular weight is 436 g/mol. The number of nitro groups is 1. The van der Waals surface area contributed by atoms with E-state index in [2.05, 4.69) is 0 Å². The molecule has 1 unspecified atom stereocenters. The Morgan fingerprint density at radius 1 is 1.06 bits per heavy atom. The number of non-ortho nitro benzene ring substituents is 1. The first-order chi connectivity index (χ1) is 14.8. The number of rotatable bonds is 6. The molecule has 0 N–H and O–H groups in total. The van der Waals surface area contributed by atoms with Gasteiger partial charge in [-0.1, -0.05) is 42.0 Å². The molecule has 0 bridgehead atoms. The van der Waals surface area contributed by atoms with Gasteiger partial charge < -0.3 is 0 Å². The number of carbonyl (C=O) groups is 1. The molecule has 0 aromatic heterocycles. The molecule has 0 spiro atoms. The summed E-state index contributed by atoms with van der Waals surface area (Å²) >= 11 is 0. The number of hydrogen-bond donors (Lipinski definition) is 0. The van der Waals surface area contributed by atoms with E-state index in [-0.39, 0.29) is 23.0 Å². The van der Waals surface area contributed by atoms with Crippen molar-refractivity contribution >= 4 is 27.7 Å². The van der Waals surface area contributed by atoms with Crippen molar-refractivity contribution in [3.63, 3.8) is 0 Å². The smallest absolute Gasteiger partial charge is 0.269 e. The average Bonchev–Trinajstić information content (AvgIpc) is 3.14. The Morgan fingerprint density at radius 2 is 1.74 bits per heavy atom. The Balaban J connectivity index is 1.73. The quantitative estimate of drug-likeness (QED) is 0.327. The minimum atomic E-state index is -3.81. The predicted molar refractivity (Wildman–Crippen MR) is 117 cm³/mol. The van der Waals surface area contributed by atoms with Crippen molar-refractivity contribution in [2.45, 2.75) is 24.2 Å². The second-order valence-electron chi connectivity index (χ2n) is 7.57. The molecular formula is C23H20N2O5S. The van der Waals surface area contributed by atoms with Crippen LogP contribution in [0.3, 0.4) is 0 Å². The molecule has 7 nitrogen and oxygen atoms in total. The SMILES string of the molecule is Cc1ccc(S(=O)(=O)N2CC(Cc3ccc([N+](=O)[O-])cc3)c3c(C=O)cccc32)cc1. The molecule has 1 atom stereocenters. The standard InChI is InChI=1S/C23H20N2O5S/c1-16-5-11-21(12-6-16)31(29,30)24-14-19(23-18(15-26)3-2-4-22(23)24)13-17-7-9-20(10-8-17)25(27)28/h2-12,15,19H,13-14H2,1H3. The molecule has 4 rings (SSSR count). The molecule has 0 fully saturated rings. The number of fused-ring (bicyclic) bond motifs is 1. The van der Waals surface area contributed by atoms with Gasteiger partial charge in [-0.15, -0.1) is 0 Å². The van der Waals surface area contributed by atoms with Gasteiger partial charge in [0.25, 0.3) is 15.7 Å². The van der Waals surface area contributed by atoms with E-state index in [1.165, 1.54) is 16.4 Å². The van der Waals surface area contributed by atoms with Crippen LogP contribution in [0.4, 0.5) is 11.4 Å². The first kappa shape index (κ1) is 20.7. The molecule has 8 heteroatoms. The Kier molecular flexibility index (Phi) is 5.32. The summed E-state index contributed by atoms with van der Waals surface area (Å²) < 4.78 is 28.1. The van der Waals surface area contributed by atoms with Crippen molar-refractivity contribution in [2.75, 3.05) is 10.8 Å². The summed E-state index contributed by atoms with van der Waals surface area (Å²) in [5.41, 5.74) is 3.42. The molecule has 0 radical (unpaired) electrons. The van der Waals surface area contributed by atoms with Crippen molar-refractivity contribution in [3.8, 4) is 0 Å². The molecule has 0 saturated heterocycles. The van der Waals surface area contributed by atoms with Gasteiger partial charge in [0.05, 0.1) is 15.5 Å². The third kappa shape index (κ3) is 3.82. The number of nitrogens with zero attached hydrogens (tertiary/aromatic N) is 2. The predicted octanol–water partition coefficient (Wildman–Crippen LogP) is 4.25. The van der Waals surface area contributed by atoms with Crippen LogP contribution in [0.15, 0.2) is 71.6 Å². The number of sulfonamides is 1. The van der Waals surface area contributed by atoms with Crippen LogP contribution in [0.2, 0.25) is 0 Å². The fraction of sp³-hybridized carbons (Fsp3) is 0.174. The zero-order chi connectivity index (χ0) is 22.2. The number of aryl methyl sites for hydroxylation is 1. The third-order valence-electron chi connectivity index (χ3n) is 5.55. The molecule has 1 aliphatic heterocycles. The maximum absolute atomic E-state index is 13.4. The Labute approximate surface area is 180 Å². The van der Waals surface area contributed by atoms with Gasteiger partial charge >= 0.3 is 0 Å². The summed E-state index contributed by atoms with van der Waals surface area (Å²) in [5, 5.41) is 10.9. The van der Waals surface area contributed by atoms with E-state index in [0.717, 1.165) is 17.4 Å². The number of aldehydes is 1. The molecule has 158 valence electrons.